The molecule has 0 unspecified atom stereocenters. The summed E-state index contributed by atoms with van der Waals surface area (Å²) < 4.78 is 4.98. The van der Waals surface area contributed by atoms with Crippen molar-refractivity contribution in [3.8, 4) is 0 Å². The fourth-order valence-corrected chi connectivity index (χ4v) is 3.53. The summed E-state index contributed by atoms with van der Waals surface area (Å²) in [6, 6.07) is 8.00. The zero-order chi connectivity index (χ0) is 13.7. The molecule has 0 amide bonds. The molecule has 0 aliphatic carbocycles. The van der Waals surface area contributed by atoms with Gasteiger partial charge in [-0.1, -0.05) is 40.8 Å². The largest absolute Gasteiger partial charge is 0.461 e. The maximum atomic E-state index is 11.8. The first-order chi connectivity index (χ1) is 9.26. The Bertz CT molecular complexity index is 540. The highest BCUT2D eigenvalue weighted by Gasteiger charge is 2.23. The SMILES string of the molecule is CCOC(=O)C(=NOC)C1=CSc2ccccc2S1. The quantitative estimate of drug-likeness (QED) is 0.484. The van der Waals surface area contributed by atoms with Crippen LogP contribution in [0.1, 0.15) is 6.92 Å². The van der Waals surface area contributed by atoms with Crippen LogP contribution in [0.3, 0.4) is 0 Å². The second-order valence-electron chi connectivity index (χ2n) is 3.49. The molecule has 0 atom stereocenters. The Kier molecular flexibility index (Phi) is 4.93. The fourth-order valence-electron chi connectivity index (χ4n) is 1.47. The Morgan fingerprint density at radius 2 is 2.05 bits per heavy atom. The number of ether oxygens (including phenoxy) is 1. The van der Waals surface area contributed by atoms with Crippen LogP contribution in [0.4, 0.5) is 0 Å². The Morgan fingerprint density at radius 1 is 1.32 bits per heavy atom. The third-order valence-corrected chi connectivity index (χ3v) is 4.60. The van der Waals surface area contributed by atoms with Crippen LogP contribution in [-0.4, -0.2) is 25.4 Å². The Balaban J connectivity index is 2.24. The van der Waals surface area contributed by atoms with E-state index in [-0.39, 0.29) is 5.71 Å². The molecule has 100 valence electrons. The van der Waals surface area contributed by atoms with Gasteiger partial charge >= 0.3 is 5.97 Å². The zero-order valence-corrected chi connectivity index (χ0v) is 12.2. The molecule has 1 aromatic carbocycles. The van der Waals surface area contributed by atoms with Crippen molar-refractivity contribution in [3.63, 3.8) is 0 Å². The van der Waals surface area contributed by atoms with Crippen LogP contribution >= 0.6 is 23.5 Å². The average Bonchev–Trinajstić information content (AvgIpc) is 2.44. The molecule has 1 aliphatic rings. The molecule has 0 N–H and O–H groups in total. The monoisotopic (exact) mass is 295 g/mol. The molecule has 0 aromatic heterocycles. The van der Waals surface area contributed by atoms with Crippen LogP contribution < -0.4 is 0 Å². The van der Waals surface area contributed by atoms with Gasteiger partial charge in [-0.25, -0.2) is 4.79 Å². The summed E-state index contributed by atoms with van der Waals surface area (Å²) in [5.41, 5.74) is 0.205. The van der Waals surface area contributed by atoms with Crippen molar-refractivity contribution in [1.82, 2.24) is 0 Å². The van der Waals surface area contributed by atoms with Gasteiger partial charge in [0.15, 0.2) is 0 Å². The van der Waals surface area contributed by atoms with Crippen LogP contribution in [0.15, 0.2) is 49.5 Å². The Hall–Kier alpha value is -1.40. The maximum Gasteiger partial charge on any atom is 0.361 e. The third-order valence-electron chi connectivity index (χ3n) is 2.25. The van der Waals surface area contributed by atoms with Gasteiger partial charge in [0.2, 0.25) is 5.71 Å². The second-order valence-corrected chi connectivity index (χ2v) is 5.49. The van der Waals surface area contributed by atoms with E-state index in [9.17, 15) is 4.79 Å². The average molecular weight is 295 g/mol. The summed E-state index contributed by atoms with van der Waals surface area (Å²) in [5.74, 6) is -0.469. The molecular formula is C13H13NO3S2. The van der Waals surface area contributed by atoms with Crippen molar-refractivity contribution in [2.75, 3.05) is 13.7 Å². The summed E-state index contributed by atoms with van der Waals surface area (Å²) in [6.07, 6.45) is 0. The van der Waals surface area contributed by atoms with Gasteiger partial charge in [-0.05, 0) is 24.5 Å². The number of nitrogens with zero attached hydrogens (tertiary/aromatic N) is 1. The number of carbonyl (C=O) groups is 1. The van der Waals surface area contributed by atoms with E-state index in [1.54, 1.807) is 18.7 Å². The van der Waals surface area contributed by atoms with E-state index in [0.29, 0.717) is 6.61 Å². The third kappa shape index (κ3) is 3.33. The predicted molar refractivity (Wildman–Crippen MR) is 77.3 cm³/mol. The van der Waals surface area contributed by atoms with Crippen LogP contribution in [0.5, 0.6) is 0 Å². The van der Waals surface area contributed by atoms with Crippen molar-refractivity contribution >= 4 is 35.2 Å². The number of hydrogen-bond acceptors (Lipinski definition) is 6. The number of hydrogen-bond donors (Lipinski definition) is 0. The van der Waals surface area contributed by atoms with Gasteiger partial charge in [0, 0.05) is 9.79 Å². The van der Waals surface area contributed by atoms with E-state index >= 15 is 0 Å². The first kappa shape index (κ1) is 14.0. The van der Waals surface area contributed by atoms with Gasteiger partial charge < -0.3 is 9.57 Å². The number of carbonyl (C=O) groups excluding carboxylic acids is 1. The van der Waals surface area contributed by atoms with Gasteiger partial charge in [0.25, 0.3) is 0 Å². The number of oxime groups is 1. The molecule has 0 radical (unpaired) electrons. The lowest BCUT2D eigenvalue weighted by molar-refractivity contribution is -0.135. The second kappa shape index (κ2) is 6.68. The van der Waals surface area contributed by atoms with Crippen molar-refractivity contribution in [2.45, 2.75) is 16.7 Å². The lowest BCUT2D eigenvalue weighted by Crippen LogP contribution is -2.19. The lowest BCUT2D eigenvalue weighted by Gasteiger charge is -2.15. The maximum absolute atomic E-state index is 11.8. The standard InChI is InChI=1S/C13H13NO3S2/c1-3-17-13(15)12(14-16-2)11-8-18-9-6-4-5-7-10(9)19-11/h4-8H,3H2,1-2H3. The number of esters is 1. The number of rotatable bonds is 4. The fraction of sp³-hybridized carbons (Fsp3) is 0.231. The van der Waals surface area contributed by atoms with E-state index in [4.69, 9.17) is 9.57 Å². The van der Waals surface area contributed by atoms with E-state index in [1.807, 2.05) is 29.7 Å². The first-order valence-electron chi connectivity index (χ1n) is 5.68. The van der Waals surface area contributed by atoms with E-state index in [2.05, 4.69) is 5.16 Å². The molecule has 4 nitrogen and oxygen atoms in total. The molecule has 0 saturated heterocycles. The molecule has 19 heavy (non-hydrogen) atoms. The van der Waals surface area contributed by atoms with E-state index in [1.165, 1.54) is 18.9 Å². The summed E-state index contributed by atoms with van der Waals surface area (Å²) >= 11 is 3.05. The molecule has 0 bridgehead atoms. The molecule has 1 heterocycles. The van der Waals surface area contributed by atoms with Gasteiger partial charge in [0.1, 0.15) is 7.11 Å². The number of thioether (sulfide) groups is 2. The van der Waals surface area contributed by atoms with Crippen LogP contribution in [-0.2, 0) is 14.4 Å². The minimum absolute atomic E-state index is 0.205. The highest BCUT2D eigenvalue weighted by molar-refractivity contribution is 8.09. The molecule has 0 saturated carbocycles. The highest BCUT2D eigenvalue weighted by Crippen LogP contribution is 2.42. The minimum Gasteiger partial charge on any atom is -0.461 e. The molecule has 1 aliphatic heterocycles. The van der Waals surface area contributed by atoms with E-state index < -0.39 is 5.97 Å². The van der Waals surface area contributed by atoms with Crippen molar-refractivity contribution in [3.05, 3.63) is 34.6 Å². The first-order valence-corrected chi connectivity index (χ1v) is 7.38. The number of fused-ring (bicyclic) bond motifs is 1. The Labute approximate surface area is 120 Å². The zero-order valence-electron chi connectivity index (χ0n) is 10.6. The smallest absolute Gasteiger partial charge is 0.361 e. The van der Waals surface area contributed by atoms with Gasteiger partial charge in [0.05, 0.1) is 11.5 Å². The predicted octanol–water partition coefficient (Wildman–Crippen LogP) is 3.29. The highest BCUT2D eigenvalue weighted by atomic mass is 32.2. The Morgan fingerprint density at radius 3 is 2.74 bits per heavy atom. The van der Waals surface area contributed by atoms with Gasteiger partial charge in [-0.2, -0.15) is 0 Å². The topological polar surface area (TPSA) is 47.9 Å². The lowest BCUT2D eigenvalue weighted by atomic mass is 10.3. The summed E-state index contributed by atoms with van der Waals surface area (Å²) in [6.45, 7) is 2.07. The molecule has 6 heteroatoms. The summed E-state index contributed by atoms with van der Waals surface area (Å²) in [4.78, 5) is 19.6. The molecule has 1 aromatic rings. The van der Waals surface area contributed by atoms with Crippen LogP contribution in [0.2, 0.25) is 0 Å². The molecule has 0 spiro atoms. The van der Waals surface area contributed by atoms with Gasteiger partial charge in [-0.15, -0.1) is 0 Å². The summed E-state index contributed by atoms with van der Waals surface area (Å²) in [7, 11) is 1.41. The van der Waals surface area contributed by atoms with E-state index in [0.717, 1.165) is 14.7 Å². The van der Waals surface area contributed by atoms with Crippen LogP contribution in [0, 0.1) is 0 Å². The summed E-state index contributed by atoms with van der Waals surface area (Å²) in [5, 5.41) is 5.67. The van der Waals surface area contributed by atoms with Crippen LogP contribution in [0.25, 0.3) is 0 Å². The molecule has 2 rings (SSSR count). The minimum atomic E-state index is -0.469. The molecular weight excluding hydrogens is 282 g/mol. The van der Waals surface area contributed by atoms with Crippen molar-refractivity contribution < 1.29 is 14.4 Å². The number of benzene rings is 1. The van der Waals surface area contributed by atoms with Gasteiger partial charge in [-0.3, -0.25) is 0 Å². The van der Waals surface area contributed by atoms with Crippen molar-refractivity contribution in [2.24, 2.45) is 5.16 Å². The molecule has 0 fully saturated rings. The van der Waals surface area contributed by atoms with Crippen molar-refractivity contribution in [1.29, 1.82) is 0 Å². The normalized spacial score (nSPS) is 14.4.